The second-order valence-electron chi connectivity index (χ2n) is 3.04. The van der Waals surface area contributed by atoms with Gasteiger partial charge in [-0.15, -0.1) is 11.8 Å². The fourth-order valence-corrected chi connectivity index (χ4v) is 3.10. The van der Waals surface area contributed by atoms with Crippen molar-refractivity contribution < 1.29 is 4.79 Å². The second-order valence-corrected chi connectivity index (χ2v) is 4.17. The zero-order valence-electron chi connectivity index (χ0n) is 6.33. The predicted octanol–water partition coefficient (Wildman–Crippen LogP) is 1.55. The zero-order chi connectivity index (χ0) is 8.13. The number of rotatable bonds is 1. The van der Waals surface area contributed by atoms with Gasteiger partial charge in [0.2, 0.25) is 0 Å². The quantitative estimate of drug-likeness (QED) is 0.660. The highest BCUT2D eigenvalue weighted by atomic mass is 32.2. The van der Waals surface area contributed by atoms with Crippen LogP contribution in [-0.4, -0.2) is 22.3 Å². The maximum absolute atomic E-state index is 10.7. The minimum absolute atomic E-state index is 0.100. The minimum Gasteiger partial charge on any atom is -0.366 e. The normalized spacial score (nSPS) is 24.8. The van der Waals surface area contributed by atoms with Crippen molar-refractivity contribution >= 4 is 29.2 Å². The average molecular weight is 177 g/mol. The van der Waals surface area contributed by atoms with Gasteiger partial charge in [-0.1, -0.05) is 0 Å². The summed E-state index contributed by atoms with van der Waals surface area (Å²) in [6.07, 6.45) is 5.04. The first-order valence-electron chi connectivity index (χ1n) is 3.89. The number of nitrogens with one attached hydrogen (secondary N) is 1. The van der Waals surface area contributed by atoms with Gasteiger partial charge < -0.3 is 9.78 Å². The number of aromatic amines is 1. The molecule has 1 aliphatic heterocycles. The molecule has 1 aromatic heterocycles. The summed E-state index contributed by atoms with van der Waals surface area (Å²) in [5.41, 5.74) is 5.23. The highest BCUT2D eigenvalue weighted by Crippen LogP contribution is 2.51. The molecule has 3 rings (SSSR count). The Bertz CT molecular complexity index is 391. The van der Waals surface area contributed by atoms with Gasteiger partial charge in [0, 0.05) is 29.3 Å². The van der Waals surface area contributed by atoms with Gasteiger partial charge in [-0.3, -0.25) is 0 Å². The monoisotopic (exact) mass is 177 g/mol. The molecule has 0 bridgehead atoms. The van der Waals surface area contributed by atoms with Crippen molar-refractivity contribution in [1.82, 2.24) is 4.98 Å². The van der Waals surface area contributed by atoms with Crippen LogP contribution in [0.15, 0.2) is 12.4 Å². The van der Waals surface area contributed by atoms with Gasteiger partial charge in [0.1, 0.15) is 6.29 Å². The lowest BCUT2D eigenvalue weighted by atomic mass is 9.83. The standard InChI is InChI=1S/C9H7NOS/c11-3-8-9-6-2-10-1-5(6)7(9)4-12-8/h1-3,8,10H,4H2. The third-order valence-electron chi connectivity index (χ3n) is 2.50. The van der Waals surface area contributed by atoms with Crippen molar-refractivity contribution in [2.75, 3.05) is 5.75 Å². The lowest BCUT2D eigenvalue weighted by Gasteiger charge is -2.18. The van der Waals surface area contributed by atoms with Crippen LogP contribution in [0.5, 0.6) is 0 Å². The molecule has 0 saturated carbocycles. The number of fused-ring (bicyclic) bond motifs is 3. The summed E-state index contributed by atoms with van der Waals surface area (Å²) in [6.45, 7) is 0. The molecule has 60 valence electrons. The Hall–Kier alpha value is -0.960. The number of thioether (sulfide) groups is 1. The van der Waals surface area contributed by atoms with Crippen LogP contribution in [0, 0.1) is 0 Å². The van der Waals surface area contributed by atoms with Crippen molar-refractivity contribution in [3.63, 3.8) is 0 Å². The number of aldehydes is 1. The van der Waals surface area contributed by atoms with Crippen LogP contribution >= 0.6 is 11.8 Å². The molecule has 1 atom stereocenters. The molecule has 0 radical (unpaired) electrons. The van der Waals surface area contributed by atoms with E-state index in [1.807, 2.05) is 12.4 Å². The highest BCUT2D eigenvalue weighted by molar-refractivity contribution is 8.01. The van der Waals surface area contributed by atoms with Crippen LogP contribution in [-0.2, 0) is 4.79 Å². The van der Waals surface area contributed by atoms with Crippen molar-refractivity contribution in [2.24, 2.45) is 0 Å². The molecule has 1 aromatic rings. The Morgan fingerprint density at radius 3 is 3.17 bits per heavy atom. The van der Waals surface area contributed by atoms with Gasteiger partial charge >= 0.3 is 0 Å². The van der Waals surface area contributed by atoms with E-state index >= 15 is 0 Å². The molecular weight excluding hydrogens is 170 g/mol. The predicted molar refractivity (Wildman–Crippen MR) is 49.9 cm³/mol. The number of H-pyrrole nitrogens is 1. The molecule has 2 aliphatic rings. The molecule has 0 spiro atoms. The Labute approximate surface area is 74.0 Å². The molecule has 12 heavy (non-hydrogen) atoms. The summed E-state index contributed by atoms with van der Waals surface area (Å²) in [7, 11) is 0. The zero-order valence-corrected chi connectivity index (χ0v) is 7.15. The summed E-state index contributed by atoms with van der Waals surface area (Å²) >= 11 is 1.73. The van der Waals surface area contributed by atoms with E-state index < -0.39 is 0 Å². The first-order chi connectivity index (χ1) is 5.92. The van der Waals surface area contributed by atoms with Crippen molar-refractivity contribution in [3.05, 3.63) is 23.5 Å². The van der Waals surface area contributed by atoms with Gasteiger partial charge in [-0.05, 0) is 11.1 Å². The second kappa shape index (κ2) is 2.04. The molecule has 2 nitrogen and oxygen atoms in total. The molecule has 0 amide bonds. The van der Waals surface area contributed by atoms with E-state index in [-0.39, 0.29) is 5.25 Å². The summed E-state index contributed by atoms with van der Waals surface area (Å²) in [4.78, 5) is 13.7. The van der Waals surface area contributed by atoms with E-state index in [1.54, 1.807) is 11.8 Å². The SMILES string of the molecule is O=CC1SCC2=C1c1c[nH]cc12. The van der Waals surface area contributed by atoms with Gasteiger partial charge in [-0.2, -0.15) is 0 Å². The summed E-state index contributed by atoms with van der Waals surface area (Å²) in [6, 6.07) is 0. The van der Waals surface area contributed by atoms with E-state index in [0.717, 1.165) is 12.0 Å². The molecular formula is C9H7NOS. The van der Waals surface area contributed by atoms with Crippen LogP contribution < -0.4 is 0 Å². The molecule has 0 aromatic carbocycles. The van der Waals surface area contributed by atoms with Crippen molar-refractivity contribution in [2.45, 2.75) is 5.25 Å². The Balaban J connectivity index is 2.12. The molecule has 0 fully saturated rings. The van der Waals surface area contributed by atoms with Gasteiger partial charge in [-0.25, -0.2) is 0 Å². The number of hydrogen-bond acceptors (Lipinski definition) is 2. The maximum Gasteiger partial charge on any atom is 0.137 e. The minimum atomic E-state index is 0.100. The Morgan fingerprint density at radius 1 is 1.50 bits per heavy atom. The summed E-state index contributed by atoms with van der Waals surface area (Å²) in [5.74, 6) is 1.00. The van der Waals surface area contributed by atoms with Crippen molar-refractivity contribution in [3.8, 4) is 0 Å². The van der Waals surface area contributed by atoms with Crippen molar-refractivity contribution in [1.29, 1.82) is 0 Å². The molecule has 1 aliphatic carbocycles. The van der Waals surface area contributed by atoms with Gasteiger partial charge in [0.25, 0.3) is 0 Å². The van der Waals surface area contributed by atoms with E-state index in [1.165, 1.54) is 22.3 Å². The lowest BCUT2D eigenvalue weighted by Crippen LogP contribution is -2.09. The summed E-state index contributed by atoms with van der Waals surface area (Å²) < 4.78 is 0. The van der Waals surface area contributed by atoms with Crippen LogP contribution in [0.25, 0.3) is 11.1 Å². The molecule has 0 saturated heterocycles. The fraction of sp³-hybridized carbons (Fsp3) is 0.222. The Kier molecular flexibility index (Phi) is 1.11. The number of hydrogen-bond donors (Lipinski definition) is 1. The average Bonchev–Trinajstić information content (AvgIpc) is 2.58. The maximum atomic E-state index is 10.7. The van der Waals surface area contributed by atoms with Gasteiger partial charge in [0.15, 0.2) is 0 Å². The van der Waals surface area contributed by atoms with E-state index in [4.69, 9.17) is 0 Å². The third-order valence-corrected chi connectivity index (χ3v) is 3.66. The molecule has 2 heterocycles. The molecule has 1 N–H and O–H groups in total. The molecule has 1 unspecified atom stereocenters. The fourth-order valence-electron chi connectivity index (χ4n) is 1.93. The van der Waals surface area contributed by atoms with Crippen LogP contribution in [0.1, 0.15) is 11.1 Å². The summed E-state index contributed by atoms with van der Waals surface area (Å²) in [5, 5.41) is 0.100. The topological polar surface area (TPSA) is 32.9 Å². The van der Waals surface area contributed by atoms with Crippen LogP contribution in [0.2, 0.25) is 0 Å². The van der Waals surface area contributed by atoms with E-state index in [2.05, 4.69) is 4.98 Å². The first kappa shape index (κ1) is 6.54. The van der Waals surface area contributed by atoms with Crippen LogP contribution in [0.3, 0.4) is 0 Å². The Morgan fingerprint density at radius 2 is 2.33 bits per heavy atom. The highest BCUT2D eigenvalue weighted by Gasteiger charge is 2.37. The molecule has 3 heteroatoms. The smallest absolute Gasteiger partial charge is 0.137 e. The number of carbonyl (C=O) groups excluding carboxylic acids is 1. The number of carbonyl (C=O) groups is 1. The van der Waals surface area contributed by atoms with E-state index in [9.17, 15) is 4.79 Å². The number of aromatic nitrogens is 1. The van der Waals surface area contributed by atoms with Crippen LogP contribution in [0.4, 0.5) is 0 Å². The van der Waals surface area contributed by atoms with E-state index in [0.29, 0.717) is 0 Å². The lowest BCUT2D eigenvalue weighted by molar-refractivity contribution is -0.106. The van der Waals surface area contributed by atoms with Gasteiger partial charge in [0.05, 0.1) is 5.25 Å². The first-order valence-corrected chi connectivity index (χ1v) is 4.94. The largest absolute Gasteiger partial charge is 0.366 e. The third kappa shape index (κ3) is 0.569.